The van der Waals surface area contributed by atoms with E-state index in [1.807, 2.05) is 5.38 Å². The summed E-state index contributed by atoms with van der Waals surface area (Å²) in [5, 5.41) is 2.85. The van der Waals surface area contributed by atoms with E-state index in [0.717, 1.165) is 10.7 Å². The molecule has 0 unspecified atom stereocenters. The summed E-state index contributed by atoms with van der Waals surface area (Å²) in [4.78, 5) is 15.5. The van der Waals surface area contributed by atoms with Crippen molar-refractivity contribution in [3.8, 4) is 0 Å². The molecular formula is C12H17NO2S. The summed E-state index contributed by atoms with van der Waals surface area (Å²) in [7, 11) is 0. The SMILES string of the molecule is CCOC(=O)/C=C/c1nc(C(C)(C)C)cs1. The monoisotopic (exact) mass is 239 g/mol. The fourth-order valence-corrected chi connectivity index (χ4v) is 1.97. The van der Waals surface area contributed by atoms with Crippen molar-refractivity contribution < 1.29 is 9.53 Å². The molecule has 0 saturated carbocycles. The summed E-state index contributed by atoms with van der Waals surface area (Å²) in [6, 6.07) is 0. The third kappa shape index (κ3) is 3.77. The van der Waals surface area contributed by atoms with Gasteiger partial charge in [0.25, 0.3) is 0 Å². The molecule has 0 amide bonds. The average molecular weight is 239 g/mol. The maximum absolute atomic E-state index is 11.1. The van der Waals surface area contributed by atoms with Crippen LogP contribution in [0.15, 0.2) is 11.5 Å². The zero-order valence-electron chi connectivity index (χ0n) is 10.1. The van der Waals surface area contributed by atoms with E-state index in [9.17, 15) is 4.79 Å². The topological polar surface area (TPSA) is 39.2 Å². The van der Waals surface area contributed by atoms with Gasteiger partial charge in [0.1, 0.15) is 5.01 Å². The molecule has 88 valence electrons. The summed E-state index contributed by atoms with van der Waals surface area (Å²) >= 11 is 1.53. The van der Waals surface area contributed by atoms with Crippen molar-refractivity contribution in [2.24, 2.45) is 0 Å². The Morgan fingerprint density at radius 3 is 2.75 bits per heavy atom. The molecule has 0 spiro atoms. The first-order valence-electron chi connectivity index (χ1n) is 5.24. The molecule has 0 saturated heterocycles. The van der Waals surface area contributed by atoms with Crippen molar-refractivity contribution in [2.45, 2.75) is 33.1 Å². The minimum absolute atomic E-state index is 0.0481. The van der Waals surface area contributed by atoms with Crippen LogP contribution in [-0.4, -0.2) is 17.6 Å². The molecule has 0 radical (unpaired) electrons. The van der Waals surface area contributed by atoms with Gasteiger partial charge in [0.2, 0.25) is 0 Å². The molecule has 3 nitrogen and oxygen atoms in total. The molecule has 4 heteroatoms. The number of aromatic nitrogens is 1. The van der Waals surface area contributed by atoms with E-state index < -0.39 is 0 Å². The molecule has 0 atom stereocenters. The number of carbonyl (C=O) groups is 1. The molecule has 1 rings (SSSR count). The van der Waals surface area contributed by atoms with E-state index >= 15 is 0 Å². The Kier molecular flexibility index (Phi) is 4.24. The van der Waals surface area contributed by atoms with Gasteiger partial charge in [-0.3, -0.25) is 0 Å². The van der Waals surface area contributed by atoms with Gasteiger partial charge in [-0.25, -0.2) is 9.78 Å². The highest BCUT2D eigenvalue weighted by molar-refractivity contribution is 7.10. The van der Waals surface area contributed by atoms with Gasteiger partial charge in [0.15, 0.2) is 0 Å². The Morgan fingerprint density at radius 1 is 1.56 bits per heavy atom. The minimum Gasteiger partial charge on any atom is -0.463 e. The molecular weight excluding hydrogens is 222 g/mol. The first-order chi connectivity index (χ1) is 7.43. The predicted octanol–water partition coefficient (Wildman–Crippen LogP) is 3.02. The van der Waals surface area contributed by atoms with Crippen LogP contribution in [0.4, 0.5) is 0 Å². The minimum atomic E-state index is -0.324. The number of ether oxygens (including phenoxy) is 1. The Balaban J connectivity index is 2.69. The number of rotatable bonds is 3. The molecule has 0 aromatic carbocycles. The normalized spacial score (nSPS) is 12.0. The van der Waals surface area contributed by atoms with Gasteiger partial charge in [-0.2, -0.15) is 0 Å². The molecule has 1 heterocycles. The zero-order chi connectivity index (χ0) is 12.2. The van der Waals surface area contributed by atoms with Gasteiger partial charge in [0, 0.05) is 16.9 Å². The smallest absolute Gasteiger partial charge is 0.330 e. The molecule has 1 aromatic rings. The third-order valence-electron chi connectivity index (χ3n) is 1.94. The standard InChI is InChI=1S/C12H17NO2S/c1-5-15-11(14)7-6-10-13-9(8-16-10)12(2,3)4/h6-8H,5H2,1-4H3/b7-6+. The van der Waals surface area contributed by atoms with Crippen LogP contribution in [-0.2, 0) is 14.9 Å². The number of hydrogen-bond acceptors (Lipinski definition) is 4. The van der Waals surface area contributed by atoms with Crippen LogP contribution in [0.25, 0.3) is 6.08 Å². The number of esters is 1. The first kappa shape index (κ1) is 12.9. The second-order valence-corrected chi connectivity index (χ2v) is 5.30. The number of hydrogen-bond donors (Lipinski definition) is 0. The van der Waals surface area contributed by atoms with Crippen molar-refractivity contribution >= 4 is 23.4 Å². The average Bonchev–Trinajstić information content (AvgIpc) is 2.63. The van der Waals surface area contributed by atoms with Crippen LogP contribution in [0, 0.1) is 0 Å². The number of thiazole rings is 1. The molecule has 16 heavy (non-hydrogen) atoms. The predicted molar refractivity (Wildman–Crippen MR) is 66.5 cm³/mol. The second-order valence-electron chi connectivity index (χ2n) is 4.41. The van der Waals surface area contributed by atoms with Crippen LogP contribution >= 0.6 is 11.3 Å². The van der Waals surface area contributed by atoms with Gasteiger partial charge >= 0.3 is 5.97 Å². The lowest BCUT2D eigenvalue weighted by Gasteiger charge is -2.13. The van der Waals surface area contributed by atoms with E-state index in [1.54, 1.807) is 13.0 Å². The zero-order valence-corrected chi connectivity index (χ0v) is 10.9. The van der Waals surface area contributed by atoms with Crippen molar-refractivity contribution in [3.05, 3.63) is 22.2 Å². The fraction of sp³-hybridized carbons (Fsp3) is 0.500. The van der Waals surface area contributed by atoms with Crippen molar-refractivity contribution in [3.63, 3.8) is 0 Å². The van der Waals surface area contributed by atoms with Gasteiger partial charge in [0.05, 0.1) is 12.3 Å². The Hall–Kier alpha value is -1.16. The van der Waals surface area contributed by atoms with Crippen LogP contribution in [0.3, 0.4) is 0 Å². The summed E-state index contributed by atoms with van der Waals surface area (Å²) in [5.74, 6) is -0.324. The van der Waals surface area contributed by atoms with Crippen molar-refractivity contribution in [1.82, 2.24) is 4.98 Å². The van der Waals surface area contributed by atoms with Crippen LogP contribution in [0.2, 0.25) is 0 Å². The van der Waals surface area contributed by atoms with Crippen molar-refractivity contribution in [2.75, 3.05) is 6.61 Å². The molecule has 0 aliphatic carbocycles. The second kappa shape index (κ2) is 5.25. The van der Waals surface area contributed by atoms with E-state index in [2.05, 4.69) is 25.8 Å². The molecule has 0 aliphatic rings. The molecule has 0 bridgehead atoms. The Bertz CT molecular complexity index is 388. The Labute approximate surface area is 100 Å². The van der Waals surface area contributed by atoms with Gasteiger partial charge in [-0.1, -0.05) is 20.8 Å². The third-order valence-corrected chi connectivity index (χ3v) is 2.75. The molecule has 1 aromatic heterocycles. The highest BCUT2D eigenvalue weighted by atomic mass is 32.1. The Morgan fingerprint density at radius 2 is 2.25 bits per heavy atom. The quantitative estimate of drug-likeness (QED) is 0.601. The number of carbonyl (C=O) groups excluding carboxylic acids is 1. The molecule has 0 fully saturated rings. The molecule has 0 N–H and O–H groups in total. The van der Waals surface area contributed by atoms with E-state index in [0.29, 0.717) is 6.61 Å². The van der Waals surface area contributed by atoms with Crippen molar-refractivity contribution in [1.29, 1.82) is 0 Å². The number of nitrogens with zero attached hydrogens (tertiary/aromatic N) is 1. The van der Waals surface area contributed by atoms with Crippen LogP contribution < -0.4 is 0 Å². The van der Waals surface area contributed by atoms with Gasteiger partial charge in [-0.15, -0.1) is 11.3 Å². The highest BCUT2D eigenvalue weighted by Crippen LogP contribution is 2.24. The van der Waals surface area contributed by atoms with E-state index in [4.69, 9.17) is 4.74 Å². The highest BCUT2D eigenvalue weighted by Gasteiger charge is 2.16. The van der Waals surface area contributed by atoms with Gasteiger partial charge < -0.3 is 4.74 Å². The maximum atomic E-state index is 11.1. The summed E-state index contributed by atoms with van der Waals surface area (Å²) in [5.41, 5.74) is 1.09. The van der Waals surface area contributed by atoms with E-state index in [1.165, 1.54) is 17.4 Å². The molecule has 0 aliphatic heterocycles. The fourth-order valence-electron chi connectivity index (χ4n) is 1.04. The van der Waals surface area contributed by atoms with Crippen LogP contribution in [0.1, 0.15) is 38.4 Å². The van der Waals surface area contributed by atoms with Gasteiger partial charge in [-0.05, 0) is 13.0 Å². The first-order valence-corrected chi connectivity index (χ1v) is 6.12. The summed E-state index contributed by atoms with van der Waals surface area (Å²) in [6.07, 6.45) is 3.10. The maximum Gasteiger partial charge on any atom is 0.330 e. The largest absolute Gasteiger partial charge is 0.463 e. The summed E-state index contributed by atoms with van der Waals surface area (Å²) < 4.78 is 4.79. The van der Waals surface area contributed by atoms with Crippen LogP contribution in [0.5, 0.6) is 0 Å². The van der Waals surface area contributed by atoms with E-state index in [-0.39, 0.29) is 11.4 Å². The summed E-state index contributed by atoms with van der Waals surface area (Å²) in [6.45, 7) is 8.52. The lowest BCUT2D eigenvalue weighted by Crippen LogP contribution is -2.11. The lowest BCUT2D eigenvalue weighted by atomic mass is 9.93. The lowest BCUT2D eigenvalue weighted by molar-refractivity contribution is -0.137.